The Bertz CT molecular complexity index is 1390. The van der Waals surface area contributed by atoms with E-state index in [9.17, 15) is 0 Å². The van der Waals surface area contributed by atoms with Gasteiger partial charge in [0.25, 0.3) is 5.82 Å². The Balaban J connectivity index is 1.74. The molecular formula is C30H31BN3+. The van der Waals surface area contributed by atoms with E-state index in [1.165, 1.54) is 50.6 Å². The molecule has 0 saturated heterocycles. The smallest absolute Gasteiger partial charge is 0.336 e. The number of aryl methyl sites for hydroxylation is 4. The van der Waals surface area contributed by atoms with Gasteiger partial charge in [0.1, 0.15) is 5.69 Å². The van der Waals surface area contributed by atoms with Gasteiger partial charge in [-0.05, 0) is 66.1 Å². The highest BCUT2D eigenvalue weighted by Crippen LogP contribution is 2.49. The molecule has 0 N–H and O–H groups in total. The van der Waals surface area contributed by atoms with Crippen molar-refractivity contribution in [3.63, 3.8) is 0 Å². The van der Waals surface area contributed by atoms with Gasteiger partial charge in [0.15, 0.2) is 0 Å². The second-order valence-electron chi connectivity index (χ2n) is 9.93. The highest BCUT2D eigenvalue weighted by molar-refractivity contribution is 6.85. The monoisotopic (exact) mass is 444 g/mol. The average Bonchev–Trinajstić information content (AvgIpc) is 3.17. The van der Waals surface area contributed by atoms with Crippen molar-refractivity contribution in [2.45, 2.75) is 39.5 Å². The summed E-state index contributed by atoms with van der Waals surface area (Å²) in [5.41, 5.74) is 11.0. The third-order valence-electron chi connectivity index (χ3n) is 7.51. The Morgan fingerprint density at radius 2 is 1.47 bits per heavy atom. The number of aromatic nitrogens is 1. The molecule has 168 valence electrons. The normalized spacial score (nSPS) is 14.3. The number of fused-ring (bicyclic) bond motifs is 7. The second kappa shape index (κ2) is 8.05. The Kier molecular flexibility index (Phi) is 4.98. The van der Waals surface area contributed by atoms with E-state index in [1.807, 2.05) is 0 Å². The summed E-state index contributed by atoms with van der Waals surface area (Å²) in [6.45, 7) is 6.95. The lowest BCUT2D eigenvalue weighted by Crippen LogP contribution is -2.58. The van der Waals surface area contributed by atoms with Crippen LogP contribution in [-0.4, -0.2) is 6.98 Å². The topological polar surface area (TPSA) is 10.4 Å². The highest BCUT2D eigenvalue weighted by Gasteiger charge is 2.54. The molecule has 0 aliphatic carbocycles. The maximum absolute atomic E-state index is 2.61. The molecule has 3 heterocycles. The molecule has 0 bridgehead atoms. The van der Waals surface area contributed by atoms with Crippen molar-refractivity contribution in [3.8, 4) is 0 Å². The van der Waals surface area contributed by atoms with Gasteiger partial charge in [-0.2, -0.15) is 0 Å². The first-order chi connectivity index (χ1) is 16.6. The summed E-state index contributed by atoms with van der Waals surface area (Å²) in [4.78, 5) is 5.19. The third-order valence-corrected chi connectivity index (χ3v) is 7.51. The molecule has 0 amide bonds. The molecule has 0 radical (unpaired) electrons. The third kappa shape index (κ3) is 3.08. The fourth-order valence-corrected chi connectivity index (χ4v) is 5.94. The van der Waals surface area contributed by atoms with E-state index in [0.29, 0.717) is 5.92 Å². The van der Waals surface area contributed by atoms with Gasteiger partial charge in [-0.15, -0.1) is 0 Å². The van der Waals surface area contributed by atoms with Gasteiger partial charge >= 0.3 is 6.98 Å². The van der Waals surface area contributed by atoms with E-state index in [4.69, 9.17) is 0 Å². The van der Waals surface area contributed by atoms with Crippen molar-refractivity contribution >= 4 is 35.3 Å². The second-order valence-corrected chi connectivity index (χ2v) is 9.93. The number of rotatable bonds is 2. The summed E-state index contributed by atoms with van der Waals surface area (Å²) in [6, 6.07) is 29.2. The van der Waals surface area contributed by atoms with Crippen LogP contribution in [0.25, 0.3) is 0 Å². The fraction of sp³-hybridized carbons (Fsp3) is 0.233. The van der Waals surface area contributed by atoms with E-state index in [2.05, 4.69) is 127 Å². The van der Waals surface area contributed by atoms with Gasteiger partial charge in [0.05, 0.1) is 18.9 Å². The molecule has 0 fully saturated rings. The molecule has 6 rings (SSSR count). The van der Waals surface area contributed by atoms with Gasteiger partial charge < -0.3 is 4.81 Å². The van der Waals surface area contributed by atoms with Crippen molar-refractivity contribution in [1.82, 2.24) is 0 Å². The van der Waals surface area contributed by atoms with Crippen molar-refractivity contribution < 1.29 is 4.57 Å². The summed E-state index contributed by atoms with van der Waals surface area (Å²) in [6.07, 6.45) is 4.26. The molecule has 0 atom stereocenters. The summed E-state index contributed by atoms with van der Waals surface area (Å²) >= 11 is 0. The Hall–Kier alpha value is -3.53. The predicted octanol–water partition coefficient (Wildman–Crippen LogP) is 5.73. The molecule has 0 spiro atoms. The van der Waals surface area contributed by atoms with Gasteiger partial charge in [-0.1, -0.05) is 68.4 Å². The van der Waals surface area contributed by atoms with Crippen molar-refractivity contribution in [2.24, 2.45) is 7.05 Å². The van der Waals surface area contributed by atoms with Crippen LogP contribution in [0.2, 0.25) is 0 Å². The van der Waals surface area contributed by atoms with Crippen molar-refractivity contribution in [3.05, 3.63) is 107 Å². The van der Waals surface area contributed by atoms with E-state index in [-0.39, 0.29) is 6.98 Å². The van der Waals surface area contributed by atoms with Crippen LogP contribution in [0.15, 0.2) is 85.1 Å². The highest BCUT2D eigenvalue weighted by atomic mass is 15.3. The molecule has 4 aromatic rings. The van der Waals surface area contributed by atoms with Gasteiger partial charge in [0.2, 0.25) is 0 Å². The van der Waals surface area contributed by atoms with E-state index in [0.717, 1.165) is 12.8 Å². The summed E-state index contributed by atoms with van der Waals surface area (Å²) in [5, 5.41) is 0. The first kappa shape index (κ1) is 21.0. The molecule has 3 aromatic carbocycles. The van der Waals surface area contributed by atoms with Crippen LogP contribution in [0.1, 0.15) is 42.0 Å². The first-order valence-electron chi connectivity index (χ1n) is 12.4. The lowest BCUT2D eigenvalue weighted by atomic mass is 9.58. The zero-order valence-electron chi connectivity index (χ0n) is 20.5. The summed E-state index contributed by atoms with van der Waals surface area (Å²) < 4.78 is 2.25. The first-order valence-corrected chi connectivity index (χ1v) is 12.4. The lowest BCUT2D eigenvalue weighted by Gasteiger charge is -2.32. The number of hydrogen-bond donors (Lipinski definition) is 0. The zero-order valence-corrected chi connectivity index (χ0v) is 20.5. The minimum Gasteiger partial charge on any atom is -0.336 e. The van der Waals surface area contributed by atoms with Crippen LogP contribution in [0.5, 0.6) is 0 Å². The van der Waals surface area contributed by atoms with Crippen LogP contribution < -0.4 is 19.7 Å². The lowest BCUT2D eigenvalue weighted by molar-refractivity contribution is -0.658. The number of benzene rings is 3. The molecular weight excluding hydrogens is 413 g/mol. The molecule has 0 saturated carbocycles. The standard InChI is InChI=1S/C30H31BN3/c1-21(2)25-14-10-13-24-19-18-23-12-5-6-15-26(23)33-27-16-9-11-22(3)30(27)34(31(33)29(24)25)28-17-7-8-20-32(28)4/h5-17,20-21H,18-19H2,1-4H3/q+1. The quantitative estimate of drug-likeness (QED) is 0.289. The van der Waals surface area contributed by atoms with Gasteiger partial charge in [0, 0.05) is 17.2 Å². The molecule has 2 aliphatic rings. The van der Waals surface area contributed by atoms with Crippen molar-refractivity contribution in [1.29, 1.82) is 0 Å². The largest absolute Gasteiger partial charge is 0.543 e. The zero-order chi connectivity index (χ0) is 23.4. The minimum absolute atomic E-state index is 0.0553. The van der Waals surface area contributed by atoms with Crippen LogP contribution >= 0.6 is 0 Å². The van der Waals surface area contributed by atoms with Crippen molar-refractivity contribution in [2.75, 3.05) is 9.62 Å². The van der Waals surface area contributed by atoms with E-state index < -0.39 is 0 Å². The Morgan fingerprint density at radius 1 is 0.765 bits per heavy atom. The Morgan fingerprint density at radius 3 is 2.29 bits per heavy atom. The number of anilines is 4. The molecule has 1 aromatic heterocycles. The predicted molar refractivity (Wildman–Crippen MR) is 143 cm³/mol. The van der Waals surface area contributed by atoms with E-state index in [1.54, 1.807) is 0 Å². The SMILES string of the molecule is Cc1cccc2c1N(c1cccc[n+]1C)B1c3c(cccc3C(C)C)CCc3ccccc3N12. The molecule has 0 unspecified atom stereocenters. The molecule has 4 heteroatoms. The maximum atomic E-state index is 2.61. The summed E-state index contributed by atoms with van der Waals surface area (Å²) in [7, 11) is 2.15. The maximum Gasteiger partial charge on any atom is 0.543 e. The van der Waals surface area contributed by atoms with Gasteiger partial charge in [-0.25, -0.2) is 4.57 Å². The fourth-order valence-electron chi connectivity index (χ4n) is 5.94. The van der Waals surface area contributed by atoms with Crippen LogP contribution in [0, 0.1) is 6.92 Å². The number of hydrogen-bond acceptors (Lipinski definition) is 2. The Labute approximate surface area is 203 Å². The van der Waals surface area contributed by atoms with Gasteiger partial charge in [-0.3, -0.25) is 4.81 Å². The van der Waals surface area contributed by atoms with Crippen LogP contribution in [0.4, 0.5) is 22.9 Å². The average molecular weight is 444 g/mol. The number of para-hydroxylation sites is 2. The van der Waals surface area contributed by atoms with E-state index >= 15 is 0 Å². The summed E-state index contributed by atoms with van der Waals surface area (Å²) in [5.74, 6) is 1.65. The van der Waals surface area contributed by atoms with Crippen LogP contribution in [-0.2, 0) is 19.9 Å². The number of nitrogens with zero attached hydrogens (tertiary/aromatic N) is 3. The van der Waals surface area contributed by atoms with Crippen LogP contribution in [0.3, 0.4) is 0 Å². The minimum atomic E-state index is 0.0553. The number of pyridine rings is 1. The molecule has 3 nitrogen and oxygen atoms in total. The molecule has 34 heavy (non-hydrogen) atoms. The molecule has 2 aliphatic heterocycles.